The highest BCUT2D eigenvalue weighted by atomic mass is 32.2. The van der Waals surface area contributed by atoms with Gasteiger partial charge in [-0.1, -0.05) is 6.07 Å². The third kappa shape index (κ3) is 2.54. The molecule has 0 saturated carbocycles. The van der Waals surface area contributed by atoms with E-state index >= 15 is 0 Å². The molecule has 1 unspecified atom stereocenters. The number of aromatic nitrogens is 1. The largest absolute Gasteiger partial charge is 0.423 e. The van der Waals surface area contributed by atoms with Gasteiger partial charge in [0.2, 0.25) is 0 Å². The standard InChI is InChI=1S/C12H15N3OS2/c13-9-2-1-3-10-11(9)15-12(16-10)14-6-8-7-17-4-5-18-8/h1-3,8H,4-7,13H2,(H,14,15). The molecule has 1 aromatic heterocycles. The predicted molar refractivity (Wildman–Crippen MR) is 80.5 cm³/mol. The van der Waals surface area contributed by atoms with Gasteiger partial charge in [-0.25, -0.2) is 0 Å². The summed E-state index contributed by atoms with van der Waals surface area (Å²) in [6.07, 6.45) is 0. The van der Waals surface area contributed by atoms with Crippen LogP contribution in [0.5, 0.6) is 0 Å². The lowest BCUT2D eigenvalue weighted by atomic mass is 10.3. The molecular formula is C12H15N3OS2. The topological polar surface area (TPSA) is 64.1 Å². The number of hydrogen-bond donors (Lipinski definition) is 2. The van der Waals surface area contributed by atoms with E-state index < -0.39 is 0 Å². The van der Waals surface area contributed by atoms with Crippen molar-refractivity contribution in [2.75, 3.05) is 34.9 Å². The van der Waals surface area contributed by atoms with Crippen LogP contribution in [0.4, 0.5) is 11.7 Å². The van der Waals surface area contributed by atoms with Crippen molar-refractivity contribution in [1.29, 1.82) is 0 Å². The molecule has 18 heavy (non-hydrogen) atoms. The Morgan fingerprint density at radius 2 is 2.39 bits per heavy atom. The summed E-state index contributed by atoms with van der Waals surface area (Å²) in [5.74, 6) is 3.69. The van der Waals surface area contributed by atoms with E-state index in [0.717, 1.165) is 17.6 Å². The monoisotopic (exact) mass is 281 g/mol. The van der Waals surface area contributed by atoms with E-state index in [2.05, 4.69) is 10.3 Å². The van der Waals surface area contributed by atoms with Crippen molar-refractivity contribution >= 4 is 46.3 Å². The molecule has 6 heteroatoms. The van der Waals surface area contributed by atoms with Crippen molar-refractivity contribution < 1.29 is 4.42 Å². The molecule has 0 aliphatic carbocycles. The average molecular weight is 281 g/mol. The van der Waals surface area contributed by atoms with Gasteiger partial charge in [-0.3, -0.25) is 0 Å². The summed E-state index contributed by atoms with van der Waals surface area (Å²) < 4.78 is 5.62. The molecule has 0 bridgehead atoms. The first-order chi connectivity index (χ1) is 8.83. The number of nitrogens with one attached hydrogen (secondary N) is 1. The molecule has 0 amide bonds. The van der Waals surface area contributed by atoms with Crippen molar-refractivity contribution in [2.45, 2.75) is 5.25 Å². The Morgan fingerprint density at radius 1 is 1.44 bits per heavy atom. The molecule has 0 spiro atoms. The van der Waals surface area contributed by atoms with Crippen molar-refractivity contribution in [2.24, 2.45) is 0 Å². The zero-order valence-electron chi connectivity index (χ0n) is 9.89. The van der Waals surface area contributed by atoms with E-state index in [1.807, 2.05) is 41.7 Å². The van der Waals surface area contributed by atoms with Gasteiger partial charge in [0.25, 0.3) is 6.01 Å². The number of oxazole rings is 1. The van der Waals surface area contributed by atoms with Gasteiger partial charge in [0.05, 0.1) is 5.69 Å². The van der Waals surface area contributed by atoms with Gasteiger partial charge in [-0.15, -0.1) is 0 Å². The molecule has 1 aromatic carbocycles. The number of nitrogens with zero attached hydrogens (tertiary/aromatic N) is 1. The number of benzene rings is 1. The molecule has 1 saturated heterocycles. The van der Waals surface area contributed by atoms with Gasteiger partial charge in [0.15, 0.2) is 5.58 Å². The van der Waals surface area contributed by atoms with Crippen LogP contribution in [0.15, 0.2) is 22.6 Å². The summed E-state index contributed by atoms with van der Waals surface area (Å²) in [5.41, 5.74) is 7.99. The van der Waals surface area contributed by atoms with Crippen LogP contribution in [0.2, 0.25) is 0 Å². The van der Waals surface area contributed by atoms with Crippen LogP contribution >= 0.6 is 23.5 Å². The Balaban J connectivity index is 1.69. The minimum absolute atomic E-state index is 0.569. The minimum atomic E-state index is 0.569. The number of rotatable bonds is 3. The Bertz CT molecular complexity index is 537. The Kier molecular flexibility index (Phi) is 3.56. The summed E-state index contributed by atoms with van der Waals surface area (Å²) in [5, 5.41) is 3.90. The highest BCUT2D eigenvalue weighted by Crippen LogP contribution is 2.26. The van der Waals surface area contributed by atoms with E-state index in [1.165, 1.54) is 17.3 Å². The number of nitrogen functional groups attached to an aromatic ring is 1. The quantitative estimate of drug-likeness (QED) is 0.843. The predicted octanol–water partition coefficient (Wildman–Crippen LogP) is 2.67. The van der Waals surface area contributed by atoms with Gasteiger partial charge in [-0.2, -0.15) is 28.5 Å². The smallest absolute Gasteiger partial charge is 0.295 e. The van der Waals surface area contributed by atoms with Crippen molar-refractivity contribution in [1.82, 2.24) is 4.98 Å². The average Bonchev–Trinajstić information content (AvgIpc) is 2.82. The molecular weight excluding hydrogens is 266 g/mol. The number of para-hydroxylation sites is 1. The van der Waals surface area contributed by atoms with Gasteiger partial charge in [0, 0.05) is 29.1 Å². The summed E-state index contributed by atoms with van der Waals surface area (Å²) in [6.45, 7) is 0.893. The van der Waals surface area contributed by atoms with E-state index in [-0.39, 0.29) is 0 Å². The highest BCUT2D eigenvalue weighted by molar-refractivity contribution is 8.06. The second kappa shape index (κ2) is 5.32. The number of nitrogens with two attached hydrogens (primary N) is 1. The Morgan fingerprint density at radius 3 is 3.17 bits per heavy atom. The molecule has 2 heterocycles. The van der Waals surface area contributed by atoms with Crippen LogP contribution < -0.4 is 11.1 Å². The van der Waals surface area contributed by atoms with Crippen LogP contribution in [-0.4, -0.2) is 34.0 Å². The van der Waals surface area contributed by atoms with Crippen LogP contribution in [0.3, 0.4) is 0 Å². The maximum absolute atomic E-state index is 5.85. The van der Waals surface area contributed by atoms with E-state index in [4.69, 9.17) is 10.2 Å². The number of anilines is 2. The first-order valence-corrected chi connectivity index (χ1v) is 8.11. The lowest BCUT2D eigenvalue weighted by Crippen LogP contribution is -2.23. The SMILES string of the molecule is Nc1cccc2oc(NCC3CSCCS3)nc12. The fraction of sp³-hybridized carbons (Fsp3) is 0.417. The zero-order chi connectivity index (χ0) is 12.4. The van der Waals surface area contributed by atoms with E-state index in [9.17, 15) is 0 Å². The Labute approximate surface area is 114 Å². The fourth-order valence-corrected chi connectivity index (χ4v) is 4.51. The lowest BCUT2D eigenvalue weighted by molar-refractivity contribution is 0.614. The number of fused-ring (bicyclic) bond motifs is 1. The number of thioether (sulfide) groups is 2. The van der Waals surface area contributed by atoms with Crippen LogP contribution in [0.1, 0.15) is 0 Å². The zero-order valence-corrected chi connectivity index (χ0v) is 11.5. The van der Waals surface area contributed by atoms with E-state index in [0.29, 0.717) is 17.0 Å². The summed E-state index contributed by atoms with van der Waals surface area (Å²) >= 11 is 4.03. The van der Waals surface area contributed by atoms with Crippen LogP contribution in [0, 0.1) is 0 Å². The molecule has 0 radical (unpaired) electrons. The molecule has 3 N–H and O–H groups in total. The lowest BCUT2D eigenvalue weighted by Gasteiger charge is -2.20. The molecule has 3 rings (SSSR count). The third-order valence-electron chi connectivity index (χ3n) is 2.82. The van der Waals surface area contributed by atoms with Crippen LogP contribution in [0.25, 0.3) is 11.1 Å². The molecule has 2 aromatic rings. The minimum Gasteiger partial charge on any atom is -0.423 e. The van der Waals surface area contributed by atoms with Gasteiger partial charge in [-0.05, 0) is 12.1 Å². The number of hydrogen-bond acceptors (Lipinski definition) is 6. The maximum atomic E-state index is 5.85. The molecule has 1 fully saturated rings. The van der Waals surface area contributed by atoms with Crippen molar-refractivity contribution in [3.8, 4) is 0 Å². The van der Waals surface area contributed by atoms with Gasteiger partial charge >= 0.3 is 0 Å². The molecule has 1 aliphatic rings. The van der Waals surface area contributed by atoms with Gasteiger partial charge < -0.3 is 15.5 Å². The highest BCUT2D eigenvalue weighted by Gasteiger charge is 2.15. The molecule has 96 valence electrons. The summed E-state index contributed by atoms with van der Waals surface area (Å²) in [7, 11) is 0. The second-order valence-corrected chi connectivity index (χ2v) is 6.72. The normalized spacial score (nSPS) is 20.1. The second-order valence-electron chi connectivity index (χ2n) is 4.16. The van der Waals surface area contributed by atoms with Crippen molar-refractivity contribution in [3.63, 3.8) is 0 Å². The summed E-state index contributed by atoms with van der Waals surface area (Å²) in [6, 6.07) is 6.16. The van der Waals surface area contributed by atoms with E-state index in [1.54, 1.807) is 0 Å². The molecule has 1 atom stereocenters. The van der Waals surface area contributed by atoms with Crippen molar-refractivity contribution in [3.05, 3.63) is 18.2 Å². The summed E-state index contributed by atoms with van der Waals surface area (Å²) in [4.78, 5) is 4.38. The first kappa shape index (κ1) is 12.0. The fourth-order valence-electron chi connectivity index (χ4n) is 1.90. The molecule has 4 nitrogen and oxygen atoms in total. The molecule has 1 aliphatic heterocycles. The van der Waals surface area contributed by atoms with Crippen LogP contribution in [-0.2, 0) is 0 Å². The third-order valence-corrected chi connectivity index (χ3v) is 5.66. The Hall–Kier alpha value is -1.01. The van der Waals surface area contributed by atoms with Gasteiger partial charge in [0.1, 0.15) is 5.52 Å². The maximum Gasteiger partial charge on any atom is 0.295 e. The first-order valence-electron chi connectivity index (χ1n) is 5.91.